The van der Waals surface area contributed by atoms with Gasteiger partial charge in [0.2, 0.25) is 0 Å². The van der Waals surface area contributed by atoms with Crippen LogP contribution < -0.4 is 62.0 Å². The van der Waals surface area contributed by atoms with Crippen LogP contribution in [0, 0.1) is 25.0 Å². The summed E-state index contributed by atoms with van der Waals surface area (Å²) < 4.78 is 1.60. The summed E-state index contributed by atoms with van der Waals surface area (Å²) in [7, 11) is 1.76. The van der Waals surface area contributed by atoms with Gasteiger partial charge in [0.15, 0.2) is 5.94 Å². The molecule has 182 valence electrons. The van der Waals surface area contributed by atoms with E-state index in [1.165, 1.54) is 19.1 Å². The fraction of sp³-hybridized carbons (Fsp3) is 0.308. The molecular formula is C26H29KN7O2-. The summed E-state index contributed by atoms with van der Waals surface area (Å²) in [6.45, 7) is 11.4. The van der Waals surface area contributed by atoms with Gasteiger partial charge in [-0.15, -0.1) is 22.9 Å². The van der Waals surface area contributed by atoms with Gasteiger partial charge < -0.3 is 30.7 Å². The summed E-state index contributed by atoms with van der Waals surface area (Å²) in [5.41, 5.74) is 3.08. The molecule has 3 N–H and O–H groups in total. The molecule has 0 aliphatic carbocycles. The van der Waals surface area contributed by atoms with E-state index in [0.717, 1.165) is 31.4 Å². The molecule has 0 saturated carbocycles. The fourth-order valence-electron chi connectivity index (χ4n) is 3.62. The molecule has 36 heavy (non-hydrogen) atoms. The molecule has 0 spiro atoms. The number of carbonyl (C=O) groups is 1. The quantitative estimate of drug-likeness (QED) is 0.123. The van der Waals surface area contributed by atoms with E-state index in [9.17, 15) is 9.59 Å². The van der Waals surface area contributed by atoms with Gasteiger partial charge in [-0.3, -0.25) is 11.3 Å². The molecule has 0 unspecified atom stereocenters. The van der Waals surface area contributed by atoms with Crippen molar-refractivity contribution in [2.75, 3.05) is 31.5 Å². The molecule has 9 nitrogen and oxygen atoms in total. The van der Waals surface area contributed by atoms with E-state index in [2.05, 4.69) is 31.7 Å². The van der Waals surface area contributed by atoms with E-state index in [4.69, 9.17) is 12.0 Å². The second-order valence-electron chi connectivity index (χ2n) is 8.18. The molecule has 1 aliphatic rings. The third-order valence-electron chi connectivity index (χ3n) is 5.62. The van der Waals surface area contributed by atoms with Gasteiger partial charge in [-0.1, -0.05) is 18.3 Å². The van der Waals surface area contributed by atoms with Gasteiger partial charge >= 0.3 is 51.4 Å². The number of amides is 1. The van der Waals surface area contributed by atoms with E-state index >= 15 is 0 Å². The van der Waals surface area contributed by atoms with Crippen LogP contribution in [-0.4, -0.2) is 65.1 Å². The summed E-state index contributed by atoms with van der Waals surface area (Å²) in [4.78, 5) is 30.7. The van der Waals surface area contributed by atoms with Crippen molar-refractivity contribution in [3.05, 3.63) is 65.5 Å². The number of aromatic nitrogens is 2. The molecule has 1 amide bonds. The van der Waals surface area contributed by atoms with E-state index in [-0.39, 0.29) is 62.7 Å². The minimum Gasteiger partial charge on any atom is -0.375 e. The van der Waals surface area contributed by atoms with Gasteiger partial charge in [-0.05, 0) is 63.1 Å². The molecule has 2 heterocycles. The van der Waals surface area contributed by atoms with Crippen LogP contribution in [0.2, 0.25) is 0 Å². The Labute approximate surface area is 254 Å². The second-order valence-corrected chi connectivity index (χ2v) is 8.18. The van der Waals surface area contributed by atoms with Crippen LogP contribution in [0.4, 0.5) is 5.69 Å². The van der Waals surface area contributed by atoms with Crippen LogP contribution in [0.3, 0.4) is 0 Å². The predicted molar refractivity (Wildman–Crippen MR) is 138 cm³/mol. The smallest absolute Gasteiger partial charge is 0.375 e. The summed E-state index contributed by atoms with van der Waals surface area (Å²) in [5.74, 6) is 1.43. The molecular weight excluding hydrogens is 481 g/mol. The first-order valence-electron chi connectivity index (χ1n) is 11.3. The number of aryl methyl sites for hydroxylation is 2. The molecule has 1 aromatic carbocycles. The normalized spacial score (nSPS) is 13.7. The van der Waals surface area contributed by atoms with Crippen molar-refractivity contribution in [1.29, 1.82) is 5.41 Å². The number of benzene rings is 1. The topological polar surface area (TPSA) is 115 Å². The fourth-order valence-corrected chi connectivity index (χ4v) is 3.62. The van der Waals surface area contributed by atoms with Crippen molar-refractivity contribution in [3.8, 4) is 0 Å². The zero-order valence-corrected chi connectivity index (χ0v) is 24.1. The Bertz CT molecular complexity index is 1200. The minimum absolute atomic E-state index is 0. The summed E-state index contributed by atoms with van der Waals surface area (Å²) in [6, 6.07) is 5.32. The maximum atomic E-state index is 12.7. The molecule has 1 fully saturated rings. The Morgan fingerprint density at radius 2 is 2.08 bits per heavy atom. The van der Waals surface area contributed by atoms with Crippen molar-refractivity contribution in [1.82, 2.24) is 20.0 Å². The number of rotatable bonds is 11. The maximum absolute atomic E-state index is 12.7. The number of nitrogens with zero attached hydrogens (tertiary/aromatic N) is 4. The number of carbonyl (C=O) groups excluding carboxylic acids is 2. The molecule has 10 heteroatoms. The van der Waals surface area contributed by atoms with Crippen LogP contribution in [0.25, 0.3) is 11.4 Å². The van der Waals surface area contributed by atoms with E-state index < -0.39 is 5.91 Å². The first-order valence-corrected chi connectivity index (χ1v) is 11.3. The Balaban J connectivity index is 0.00000456. The van der Waals surface area contributed by atoms with E-state index in [1.54, 1.807) is 36.3 Å². The number of hydrogen-bond acceptors (Lipinski definition) is 7. The maximum Gasteiger partial charge on any atom is 1.00 e. The van der Waals surface area contributed by atoms with Gasteiger partial charge in [0.25, 0.3) is 0 Å². The van der Waals surface area contributed by atoms with Gasteiger partial charge in [0.1, 0.15) is 11.6 Å². The molecule has 0 bridgehead atoms. The van der Waals surface area contributed by atoms with Crippen molar-refractivity contribution >= 4 is 41.4 Å². The monoisotopic (exact) mass is 510 g/mol. The Hall–Kier alpha value is -2.43. The van der Waals surface area contributed by atoms with E-state index in [1.807, 2.05) is 18.9 Å². The summed E-state index contributed by atoms with van der Waals surface area (Å²) in [5, 5.41) is 17.5. The molecule has 0 radical (unpaired) electrons. The second kappa shape index (κ2) is 15.0. The zero-order chi connectivity index (χ0) is 25.2. The zero-order valence-electron chi connectivity index (χ0n) is 21.0. The first kappa shape index (κ1) is 29.8. The molecule has 1 aromatic heterocycles. The standard InChI is InChI=1S/C26H29N7O2.K/c1-19-6-7-21(25(18-34)29-10-13-33-11-4-5-12-33)14-24(19)31-26(35)22(15-27)8-9-28-20(2)23-16-30-32(3)17-23;/h2,6-7,9,14-17,27,29H,4-5,10-13H2,1,3H3,(H,31,35);/q-2;+1. The van der Waals surface area contributed by atoms with Gasteiger partial charge in [-0.25, -0.2) is 9.89 Å². The van der Waals surface area contributed by atoms with Crippen molar-refractivity contribution < 1.29 is 61.0 Å². The molecule has 2 aromatic rings. The van der Waals surface area contributed by atoms with Crippen LogP contribution in [0.15, 0.2) is 41.2 Å². The summed E-state index contributed by atoms with van der Waals surface area (Å²) in [6.07, 6.45) is 10.5. The SMILES string of the molecule is [CH-]=C(N=C[C-]=C(C=N)C(=O)Nc1cc(C(=C=O)NCCN2CCCC2)ccc1C)c1cnn(C)c1.[K+]. The first-order chi connectivity index (χ1) is 16.9. The van der Waals surface area contributed by atoms with Crippen LogP contribution in [0.1, 0.15) is 29.5 Å². The number of anilines is 1. The molecule has 0 atom stereocenters. The average Bonchev–Trinajstić information content (AvgIpc) is 3.53. The molecule has 3 rings (SSSR count). The average molecular weight is 511 g/mol. The molecule has 1 saturated heterocycles. The van der Waals surface area contributed by atoms with Crippen LogP contribution in [-0.2, 0) is 16.6 Å². The predicted octanol–water partition coefficient (Wildman–Crippen LogP) is -0.547. The third kappa shape index (κ3) is 8.60. The van der Waals surface area contributed by atoms with Crippen LogP contribution in [0.5, 0.6) is 0 Å². The molecule has 1 aliphatic heterocycles. The Kier molecular flexibility index (Phi) is 12.4. The number of allylic oxidation sites excluding steroid dienone is 1. The van der Waals surface area contributed by atoms with Gasteiger partial charge in [0, 0.05) is 31.4 Å². The summed E-state index contributed by atoms with van der Waals surface area (Å²) >= 11 is 0. The largest absolute Gasteiger partial charge is 1.00 e. The number of aliphatic imine (C=N–C) groups is 1. The Morgan fingerprint density at radius 1 is 1.33 bits per heavy atom. The van der Waals surface area contributed by atoms with Crippen molar-refractivity contribution in [3.63, 3.8) is 0 Å². The van der Waals surface area contributed by atoms with Crippen LogP contribution >= 0.6 is 0 Å². The number of likely N-dealkylation sites (tertiary alicyclic amines) is 1. The van der Waals surface area contributed by atoms with Crippen molar-refractivity contribution in [2.45, 2.75) is 19.8 Å². The Morgan fingerprint density at radius 3 is 2.72 bits per heavy atom. The van der Waals surface area contributed by atoms with Crippen molar-refractivity contribution in [2.24, 2.45) is 12.0 Å². The van der Waals surface area contributed by atoms with E-state index in [0.29, 0.717) is 29.1 Å². The van der Waals surface area contributed by atoms with Gasteiger partial charge in [-0.2, -0.15) is 0 Å². The van der Waals surface area contributed by atoms with Gasteiger partial charge in [0.05, 0.1) is 0 Å². The number of hydrogen-bond donors (Lipinski definition) is 3. The minimum atomic E-state index is -0.537. The number of nitrogens with one attached hydrogen (secondary N) is 3. The third-order valence-corrected chi connectivity index (χ3v) is 5.62.